The van der Waals surface area contributed by atoms with Gasteiger partial charge in [0.1, 0.15) is 23.8 Å². The van der Waals surface area contributed by atoms with E-state index in [-0.39, 0.29) is 19.0 Å². The van der Waals surface area contributed by atoms with Crippen LogP contribution in [0.25, 0.3) is 0 Å². The van der Waals surface area contributed by atoms with E-state index in [0.29, 0.717) is 11.3 Å². The number of halogens is 1. The second-order valence-corrected chi connectivity index (χ2v) is 3.90. The predicted molar refractivity (Wildman–Crippen MR) is 56.3 cm³/mol. The Morgan fingerprint density at radius 3 is 2.73 bits per heavy atom. The highest BCUT2D eigenvalue weighted by molar-refractivity contribution is 5.28. The van der Waals surface area contributed by atoms with E-state index in [9.17, 15) is 9.50 Å². The fourth-order valence-corrected chi connectivity index (χ4v) is 0.961. The summed E-state index contributed by atoms with van der Waals surface area (Å²) in [5.41, 5.74) is 4.80. The van der Waals surface area contributed by atoms with Crippen LogP contribution in [-0.4, -0.2) is 23.9 Å². The van der Waals surface area contributed by atoms with E-state index < -0.39 is 5.60 Å². The van der Waals surface area contributed by atoms with E-state index in [1.807, 2.05) is 0 Å². The molecule has 0 aliphatic carbocycles. The standard InChI is InChI=1S/C11H16FNO2/c1-8-3-4-9(5-10(8)12)15-7-11(2,14)6-13/h3-5,14H,6-7,13H2,1-2H3. The van der Waals surface area contributed by atoms with Crippen LogP contribution in [0.15, 0.2) is 18.2 Å². The van der Waals surface area contributed by atoms with Gasteiger partial charge in [-0.25, -0.2) is 4.39 Å². The molecular formula is C11H16FNO2. The fourth-order valence-electron chi connectivity index (χ4n) is 0.961. The van der Waals surface area contributed by atoms with Crippen LogP contribution in [0, 0.1) is 12.7 Å². The van der Waals surface area contributed by atoms with E-state index in [4.69, 9.17) is 10.5 Å². The minimum absolute atomic E-state index is 0.0476. The molecule has 4 heteroatoms. The zero-order valence-electron chi connectivity index (χ0n) is 8.96. The SMILES string of the molecule is Cc1ccc(OCC(C)(O)CN)cc1F. The average molecular weight is 213 g/mol. The van der Waals surface area contributed by atoms with Crippen molar-refractivity contribution in [2.75, 3.05) is 13.2 Å². The molecule has 3 N–H and O–H groups in total. The maximum Gasteiger partial charge on any atom is 0.129 e. The molecule has 0 saturated carbocycles. The van der Waals surface area contributed by atoms with Gasteiger partial charge in [0.2, 0.25) is 0 Å². The van der Waals surface area contributed by atoms with Crippen LogP contribution in [0.4, 0.5) is 4.39 Å². The van der Waals surface area contributed by atoms with Crippen molar-refractivity contribution in [3.8, 4) is 5.75 Å². The molecule has 0 fully saturated rings. The third-order valence-electron chi connectivity index (χ3n) is 2.13. The van der Waals surface area contributed by atoms with E-state index in [0.717, 1.165) is 0 Å². The highest BCUT2D eigenvalue weighted by Crippen LogP contribution is 2.17. The molecule has 0 spiro atoms. The van der Waals surface area contributed by atoms with Crippen molar-refractivity contribution in [1.82, 2.24) is 0 Å². The first-order valence-corrected chi connectivity index (χ1v) is 4.76. The van der Waals surface area contributed by atoms with Crippen molar-refractivity contribution in [3.05, 3.63) is 29.6 Å². The number of rotatable bonds is 4. The van der Waals surface area contributed by atoms with E-state index >= 15 is 0 Å². The summed E-state index contributed by atoms with van der Waals surface area (Å²) in [5, 5.41) is 9.56. The van der Waals surface area contributed by atoms with Crippen LogP contribution in [0.3, 0.4) is 0 Å². The predicted octanol–water partition coefficient (Wildman–Crippen LogP) is 1.22. The van der Waals surface area contributed by atoms with Crippen LogP contribution in [0.1, 0.15) is 12.5 Å². The Hall–Kier alpha value is -1.13. The molecule has 1 aromatic rings. The van der Waals surface area contributed by atoms with Crippen LogP contribution in [0.2, 0.25) is 0 Å². The first-order chi connectivity index (χ1) is 6.94. The molecule has 0 radical (unpaired) electrons. The highest BCUT2D eigenvalue weighted by Gasteiger charge is 2.18. The van der Waals surface area contributed by atoms with Crippen molar-refractivity contribution >= 4 is 0 Å². The Labute approximate surface area is 88.7 Å². The Balaban J connectivity index is 2.62. The third-order valence-corrected chi connectivity index (χ3v) is 2.13. The zero-order chi connectivity index (χ0) is 11.5. The zero-order valence-corrected chi connectivity index (χ0v) is 8.96. The molecule has 0 heterocycles. The van der Waals surface area contributed by atoms with Crippen molar-refractivity contribution in [1.29, 1.82) is 0 Å². The summed E-state index contributed by atoms with van der Waals surface area (Å²) in [4.78, 5) is 0. The van der Waals surface area contributed by atoms with Gasteiger partial charge >= 0.3 is 0 Å². The summed E-state index contributed by atoms with van der Waals surface area (Å²) < 4.78 is 18.3. The van der Waals surface area contributed by atoms with E-state index in [1.54, 1.807) is 26.0 Å². The van der Waals surface area contributed by atoms with Crippen LogP contribution >= 0.6 is 0 Å². The molecule has 1 rings (SSSR count). The quantitative estimate of drug-likeness (QED) is 0.790. The lowest BCUT2D eigenvalue weighted by Gasteiger charge is -2.21. The number of hydrogen-bond acceptors (Lipinski definition) is 3. The van der Waals surface area contributed by atoms with E-state index in [2.05, 4.69) is 0 Å². The first-order valence-electron chi connectivity index (χ1n) is 4.76. The van der Waals surface area contributed by atoms with Gasteiger partial charge in [-0.2, -0.15) is 0 Å². The molecule has 0 aliphatic heterocycles. The molecule has 1 unspecified atom stereocenters. The molecule has 0 aromatic heterocycles. The second kappa shape index (κ2) is 4.59. The Kier molecular flexibility index (Phi) is 3.66. The van der Waals surface area contributed by atoms with Gasteiger partial charge < -0.3 is 15.6 Å². The minimum Gasteiger partial charge on any atom is -0.490 e. The molecule has 0 amide bonds. The molecule has 0 aliphatic rings. The highest BCUT2D eigenvalue weighted by atomic mass is 19.1. The Bertz CT molecular complexity index is 339. The second-order valence-electron chi connectivity index (χ2n) is 3.90. The van der Waals surface area contributed by atoms with Crippen LogP contribution in [-0.2, 0) is 0 Å². The van der Waals surface area contributed by atoms with Gasteiger partial charge in [0.15, 0.2) is 0 Å². The maximum absolute atomic E-state index is 13.1. The molecule has 15 heavy (non-hydrogen) atoms. The topological polar surface area (TPSA) is 55.5 Å². The molecule has 3 nitrogen and oxygen atoms in total. The van der Waals surface area contributed by atoms with Gasteiger partial charge in [-0.1, -0.05) is 6.07 Å². The summed E-state index contributed by atoms with van der Waals surface area (Å²) in [6.45, 7) is 3.39. The van der Waals surface area contributed by atoms with E-state index in [1.165, 1.54) is 6.07 Å². The molecule has 0 bridgehead atoms. The van der Waals surface area contributed by atoms with Crippen LogP contribution in [0.5, 0.6) is 5.75 Å². The lowest BCUT2D eigenvalue weighted by Crippen LogP contribution is -2.40. The lowest BCUT2D eigenvalue weighted by atomic mass is 10.1. The number of aryl methyl sites for hydroxylation is 1. The summed E-state index contributed by atoms with van der Waals surface area (Å²) in [5.74, 6) is 0.0757. The van der Waals surface area contributed by atoms with Gasteiger partial charge in [-0.05, 0) is 25.5 Å². The smallest absolute Gasteiger partial charge is 0.129 e. The van der Waals surface area contributed by atoms with Gasteiger partial charge in [0.25, 0.3) is 0 Å². The van der Waals surface area contributed by atoms with Gasteiger partial charge in [0.05, 0.1) is 0 Å². The van der Waals surface area contributed by atoms with Crippen molar-refractivity contribution in [2.45, 2.75) is 19.4 Å². The Morgan fingerprint density at radius 2 is 2.20 bits per heavy atom. The number of aliphatic hydroxyl groups is 1. The number of nitrogens with two attached hydrogens (primary N) is 1. The van der Waals surface area contributed by atoms with Crippen molar-refractivity contribution < 1.29 is 14.2 Å². The molecular weight excluding hydrogens is 197 g/mol. The summed E-state index contributed by atoms with van der Waals surface area (Å²) in [7, 11) is 0. The molecule has 0 saturated heterocycles. The molecule has 84 valence electrons. The number of benzene rings is 1. The maximum atomic E-state index is 13.1. The van der Waals surface area contributed by atoms with Crippen LogP contribution < -0.4 is 10.5 Å². The average Bonchev–Trinajstić information content (AvgIpc) is 2.20. The largest absolute Gasteiger partial charge is 0.490 e. The Morgan fingerprint density at radius 1 is 1.53 bits per heavy atom. The normalized spacial score (nSPS) is 14.7. The first kappa shape index (κ1) is 11.9. The minimum atomic E-state index is -1.08. The fraction of sp³-hybridized carbons (Fsp3) is 0.455. The van der Waals surface area contributed by atoms with Gasteiger partial charge in [0, 0.05) is 12.6 Å². The van der Waals surface area contributed by atoms with Gasteiger partial charge in [-0.3, -0.25) is 0 Å². The van der Waals surface area contributed by atoms with Gasteiger partial charge in [-0.15, -0.1) is 0 Å². The third kappa shape index (κ3) is 3.49. The molecule has 1 aromatic carbocycles. The summed E-state index contributed by atoms with van der Waals surface area (Å²) in [6, 6.07) is 4.58. The monoisotopic (exact) mass is 213 g/mol. The molecule has 1 atom stereocenters. The lowest BCUT2D eigenvalue weighted by molar-refractivity contribution is 0.0194. The summed E-state index contributed by atoms with van der Waals surface area (Å²) >= 11 is 0. The van der Waals surface area contributed by atoms with Crippen molar-refractivity contribution in [3.63, 3.8) is 0 Å². The summed E-state index contributed by atoms with van der Waals surface area (Å²) in [6.07, 6.45) is 0. The van der Waals surface area contributed by atoms with Crippen molar-refractivity contribution in [2.24, 2.45) is 5.73 Å². The number of hydrogen-bond donors (Lipinski definition) is 2. The number of ether oxygens (including phenoxy) is 1.